The van der Waals surface area contributed by atoms with E-state index in [-0.39, 0.29) is 6.61 Å². The zero-order chi connectivity index (χ0) is 19.7. The smallest absolute Gasteiger partial charge is 0.324 e. The molecular weight excluding hydrogens is 358 g/mol. The molecule has 0 aliphatic heterocycles. The summed E-state index contributed by atoms with van der Waals surface area (Å²) >= 11 is 0. The molecule has 1 aromatic rings. The van der Waals surface area contributed by atoms with Gasteiger partial charge in [0.1, 0.15) is 5.75 Å². The Balaban J connectivity index is 3.08. The van der Waals surface area contributed by atoms with Crippen molar-refractivity contribution in [3.8, 4) is 5.75 Å². The summed E-state index contributed by atoms with van der Waals surface area (Å²) in [5.74, 6) is -1.18. The molecular formula is C18H25NO6S. The highest BCUT2D eigenvalue weighted by molar-refractivity contribution is 7.92. The molecule has 1 amide bonds. The number of rotatable bonds is 10. The van der Waals surface area contributed by atoms with Gasteiger partial charge in [-0.2, -0.15) is 0 Å². The van der Waals surface area contributed by atoms with Crippen LogP contribution in [-0.2, 0) is 24.2 Å². The summed E-state index contributed by atoms with van der Waals surface area (Å²) in [5.41, 5.74) is 0.585. The van der Waals surface area contributed by atoms with Gasteiger partial charge in [-0.3, -0.25) is 9.59 Å². The Morgan fingerprint density at radius 1 is 1.23 bits per heavy atom. The van der Waals surface area contributed by atoms with Crippen molar-refractivity contribution >= 4 is 27.4 Å². The van der Waals surface area contributed by atoms with Gasteiger partial charge < -0.3 is 14.4 Å². The molecule has 1 aromatic carbocycles. The topological polar surface area (TPSA) is 90.0 Å². The highest BCUT2D eigenvalue weighted by atomic mass is 32.2. The molecule has 0 aliphatic rings. The van der Waals surface area contributed by atoms with E-state index in [0.29, 0.717) is 18.0 Å². The first-order chi connectivity index (χ1) is 12.3. The standard InChI is InChI=1S/C18H25NO6S/c1-5-12-26(22,23)16(18(21)25-7-3)13-17(20)19(6-2)14-8-10-15(24-4)11-9-14/h5,8-11,16H,1,6-7,12-13H2,2-4H3. The molecule has 0 heterocycles. The Bertz CT molecular complexity index is 727. The molecule has 26 heavy (non-hydrogen) atoms. The molecule has 0 radical (unpaired) electrons. The number of ether oxygens (including phenoxy) is 2. The lowest BCUT2D eigenvalue weighted by Gasteiger charge is -2.23. The Labute approximate surface area is 154 Å². The van der Waals surface area contributed by atoms with Crippen LogP contribution in [0.25, 0.3) is 0 Å². The molecule has 1 unspecified atom stereocenters. The monoisotopic (exact) mass is 383 g/mol. The lowest BCUT2D eigenvalue weighted by molar-refractivity contribution is -0.143. The molecule has 0 N–H and O–H groups in total. The summed E-state index contributed by atoms with van der Waals surface area (Å²) in [6, 6.07) is 6.78. The molecule has 0 bridgehead atoms. The SMILES string of the molecule is C=CCS(=O)(=O)C(CC(=O)N(CC)c1ccc(OC)cc1)C(=O)OCC. The highest BCUT2D eigenvalue weighted by Crippen LogP contribution is 2.21. The number of sulfone groups is 1. The normalized spacial score (nSPS) is 12.1. The molecule has 0 aromatic heterocycles. The third-order valence-corrected chi connectivity index (χ3v) is 5.62. The molecule has 0 spiro atoms. The quantitative estimate of drug-likeness (QED) is 0.453. The van der Waals surface area contributed by atoms with Crippen LogP contribution in [0, 0.1) is 0 Å². The summed E-state index contributed by atoms with van der Waals surface area (Å²) in [5, 5.41) is -1.56. The predicted octanol–water partition coefficient (Wildman–Crippen LogP) is 1.97. The maximum atomic E-state index is 12.7. The number of carbonyl (C=O) groups excluding carboxylic acids is 2. The molecule has 8 heteroatoms. The molecule has 0 fully saturated rings. The summed E-state index contributed by atoms with van der Waals surface area (Å²) < 4.78 is 34.6. The second-order valence-corrected chi connectivity index (χ2v) is 7.63. The lowest BCUT2D eigenvalue weighted by Crippen LogP contribution is -2.40. The van der Waals surface area contributed by atoms with E-state index in [9.17, 15) is 18.0 Å². The summed E-state index contributed by atoms with van der Waals surface area (Å²) in [7, 11) is -2.35. The number of hydrogen-bond donors (Lipinski definition) is 0. The van der Waals surface area contributed by atoms with Crippen molar-refractivity contribution in [3.63, 3.8) is 0 Å². The summed E-state index contributed by atoms with van der Waals surface area (Å²) in [6.07, 6.45) is 0.696. The van der Waals surface area contributed by atoms with Gasteiger partial charge in [-0.15, -0.1) is 6.58 Å². The number of hydrogen-bond acceptors (Lipinski definition) is 6. The van der Waals surface area contributed by atoms with E-state index in [1.165, 1.54) is 18.1 Å². The number of anilines is 1. The zero-order valence-electron chi connectivity index (χ0n) is 15.3. The summed E-state index contributed by atoms with van der Waals surface area (Å²) in [4.78, 5) is 26.2. The molecule has 0 saturated carbocycles. The van der Waals surface area contributed by atoms with Crippen LogP contribution in [0.1, 0.15) is 20.3 Å². The Morgan fingerprint density at radius 2 is 1.85 bits per heavy atom. The average Bonchev–Trinajstić information content (AvgIpc) is 2.60. The Kier molecular flexibility index (Phi) is 8.31. The van der Waals surface area contributed by atoms with Crippen LogP contribution in [0.2, 0.25) is 0 Å². The van der Waals surface area contributed by atoms with Crippen LogP contribution in [0.3, 0.4) is 0 Å². The fourth-order valence-electron chi connectivity index (χ4n) is 2.41. The highest BCUT2D eigenvalue weighted by Gasteiger charge is 2.36. The van der Waals surface area contributed by atoms with Gasteiger partial charge in [-0.05, 0) is 38.1 Å². The first kappa shape index (κ1) is 21.7. The van der Waals surface area contributed by atoms with E-state index in [1.807, 2.05) is 0 Å². The van der Waals surface area contributed by atoms with Crippen molar-refractivity contribution in [2.24, 2.45) is 0 Å². The van der Waals surface area contributed by atoms with Crippen molar-refractivity contribution in [2.45, 2.75) is 25.5 Å². The van der Waals surface area contributed by atoms with E-state index in [1.54, 1.807) is 38.1 Å². The predicted molar refractivity (Wildman–Crippen MR) is 100 cm³/mol. The van der Waals surface area contributed by atoms with Crippen molar-refractivity contribution in [3.05, 3.63) is 36.9 Å². The fourth-order valence-corrected chi connectivity index (χ4v) is 3.73. The zero-order valence-corrected chi connectivity index (χ0v) is 16.1. The number of methoxy groups -OCH3 is 1. The van der Waals surface area contributed by atoms with Gasteiger partial charge in [0.15, 0.2) is 15.1 Å². The van der Waals surface area contributed by atoms with Gasteiger partial charge in [0, 0.05) is 12.2 Å². The third-order valence-electron chi connectivity index (χ3n) is 3.69. The van der Waals surface area contributed by atoms with Crippen LogP contribution >= 0.6 is 0 Å². The average molecular weight is 383 g/mol. The van der Waals surface area contributed by atoms with E-state index in [0.717, 1.165) is 0 Å². The molecule has 7 nitrogen and oxygen atoms in total. The van der Waals surface area contributed by atoms with E-state index >= 15 is 0 Å². The van der Waals surface area contributed by atoms with Crippen molar-refractivity contribution in [2.75, 3.05) is 30.9 Å². The number of benzene rings is 1. The maximum Gasteiger partial charge on any atom is 0.324 e. The fraction of sp³-hybridized carbons (Fsp3) is 0.444. The minimum atomic E-state index is -3.88. The molecule has 0 saturated heterocycles. The lowest BCUT2D eigenvalue weighted by atomic mass is 10.2. The van der Waals surface area contributed by atoms with Crippen LogP contribution < -0.4 is 9.64 Å². The number of esters is 1. The second kappa shape index (κ2) is 9.96. The Hall–Kier alpha value is -2.35. The van der Waals surface area contributed by atoms with Gasteiger partial charge >= 0.3 is 5.97 Å². The van der Waals surface area contributed by atoms with Crippen LogP contribution in [0.4, 0.5) is 5.69 Å². The van der Waals surface area contributed by atoms with E-state index in [2.05, 4.69) is 6.58 Å². The van der Waals surface area contributed by atoms with E-state index in [4.69, 9.17) is 9.47 Å². The van der Waals surface area contributed by atoms with Crippen molar-refractivity contribution in [1.82, 2.24) is 0 Å². The van der Waals surface area contributed by atoms with Crippen molar-refractivity contribution < 1.29 is 27.5 Å². The molecule has 0 aliphatic carbocycles. The van der Waals surface area contributed by atoms with Crippen molar-refractivity contribution in [1.29, 1.82) is 0 Å². The first-order valence-corrected chi connectivity index (χ1v) is 9.95. The minimum Gasteiger partial charge on any atom is -0.497 e. The first-order valence-electron chi connectivity index (χ1n) is 8.24. The largest absolute Gasteiger partial charge is 0.497 e. The number of carbonyl (C=O) groups is 2. The van der Waals surface area contributed by atoms with Gasteiger partial charge in [0.2, 0.25) is 5.91 Å². The number of nitrogens with zero attached hydrogens (tertiary/aromatic N) is 1. The Morgan fingerprint density at radius 3 is 2.31 bits per heavy atom. The van der Waals surface area contributed by atoms with Gasteiger partial charge in [-0.1, -0.05) is 6.08 Å². The minimum absolute atomic E-state index is 0.0309. The van der Waals surface area contributed by atoms with Gasteiger partial charge in [0.05, 0.1) is 25.9 Å². The molecule has 1 atom stereocenters. The second-order valence-electron chi connectivity index (χ2n) is 5.40. The summed E-state index contributed by atoms with van der Waals surface area (Å²) in [6.45, 7) is 7.08. The van der Waals surface area contributed by atoms with Crippen LogP contribution in [0.15, 0.2) is 36.9 Å². The maximum absolute atomic E-state index is 12.7. The molecule has 144 valence electrons. The molecule has 1 rings (SSSR count). The van der Waals surface area contributed by atoms with E-state index < -0.39 is 39.1 Å². The van der Waals surface area contributed by atoms with Crippen LogP contribution in [-0.4, -0.2) is 51.6 Å². The van der Waals surface area contributed by atoms with Gasteiger partial charge in [0.25, 0.3) is 0 Å². The third kappa shape index (κ3) is 5.59. The number of amides is 1. The van der Waals surface area contributed by atoms with Crippen LogP contribution in [0.5, 0.6) is 5.75 Å². The van der Waals surface area contributed by atoms with Gasteiger partial charge in [-0.25, -0.2) is 8.42 Å².